The average Bonchev–Trinajstić information content (AvgIpc) is 3.18. The van der Waals surface area contributed by atoms with Crippen molar-refractivity contribution in [3.63, 3.8) is 0 Å². The smallest absolute Gasteiger partial charge is 0.251 e. The first-order valence-electron chi connectivity index (χ1n) is 13.8. The van der Waals surface area contributed by atoms with E-state index in [1.165, 1.54) is 16.8 Å². The molecule has 0 radical (unpaired) electrons. The number of nitrogens with zero attached hydrogens (tertiary/aromatic N) is 1. The van der Waals surface area contributed by atoms with Gasteiger partial charge in [0.1, 0.15) is 5.75 Å². The van der Waals surface area contributed by atoms with E-state index in [-0.39, 0.29) is 18.1 Å². The Hall–Kier alpha value is -4.51. The summed E-state index contributed by atoms with van der Waals surface area (Å²) >= 11 is 0. The topological polar surface area (TPSA) is 69.3 Å². The summed E-state index contributed by atoms with van der Waals surface area (Å²) in [6, 6.07) is 30.3. The van der Waals surface area contributed by atoms with Crippen molar-refractivity contribution in [2.24, 2.45) is 0 Å². The molecular weight excluding hydrogens is 494 g/mol. The Morgan fingerprint density at radius 1 is 0.900 bits per heavy atom. The molecule has 1 atom stereocenters. The number of nitrogens with two attached hydrogens (primary N) is 1. The van der Waals surface area contributed by atoms with Gasteiger partial charge >= 0.3 is 0 Å². The molecule has 40 heavy (non-hydrogen) atoms. The number of rotatable bonds is 8. The van der Waals surface area contributed by atoms with Crippen LogP contribution in [-0.2, 0) is 6.54 Å². The molecule has 5 heteroatoms. The molecule has 204 valence electrons. The molecule has 1 aromatic heterocycles. The predicted octanol–water partition coefficient (Wildman–Crippen LogP) is 7.83. The molecule has 0 aliphatic heterocycles. The van der Waals surface area contributed by atoms with E-state index in [1.807, 2.05) is 81.4 Å². The fourth-order valence-electron chi connectivity index (χ4n) is 5.20. The fraction of sp³-hybridized carbons (Fsp3) is 0.229. The van der Waals surface area contributed by atoms with E-state index < -0.39 is 0 Å². The van der Waals surface area contributed by atoms with Crippen molar-refractivity contribution in [2.75, 3.05) is 5.73 Å². The molecule has 1 heterocycles. The highest BCUT2D eigenvalue weighted by Crippen LogP contribution is 2.29. The number of carbonyl (C=O) groups is 1. The molecule has 5 aromatic rings. The maximum atomic E-state index is 13.2. The highest BCUT2D eigenvalue weighted by atomic mass is 16.5. The molecule has 0 fully saturated rings. The zero-order valence-corrected chi connectivity index (χ0v) is 23.9. The molecule has 5 rings (SSSR count). The second-order valence-corrected chi connectivity index (χ2v) is 10.7. The molecule has 4 aromatic carbocycles. The minimum absolute atomic E-state index is 0.0857. The van der Waals surface area contributed by atoms with Gasteiger partial charge in [-0.15, -0.1) is 0 Å². The number of amides is 1. The van der Waals surface area contributed by atoms with Crippen LogP contribution in [0.15, 0.2) is 91.0 Å². The molecule has 0 aliphatic carbocycles. The third-order valence-electron chi connectivity index (χ3n) is 7.57. The van der Waals surface area contributed by atoms with Gasteiger partial charge in [0.15, 0.2) is 0 Å². The number of anilines is 1. The number of aromatic nitrogens is 1. The fourth-order valence-corrected chi connectivity index (χ4v) is 5.20. The van der Waals surface area contributed by atoms with Crippen molar-refractivity contribution >= 4 is 22.5 Å². The standard InChI is InChI=1S/C35H37N3O2/c1-22(2)40-30-17-14-27(15-18-30)24(4)37-35(39)29-16-19-34-32(20-29)23(3)25(5)38(34)21-26-10-12-28(13-11-26)31-8-6-7-9-33(31)36/h6-20,22,24H,21,36H2,1-5H3,(H,37,39)/t24-/m0/s1. The molecule has 0 bridgehead atoms. The zero-order valence-electron chi connectivity index (χ0n) is 23.9. The summed E-state index contributed by atoms with van der Waals surface area (Å²) in [7, 11) is 0. The molecule has 0 saturated heterocycles. The zero-order chi connectivity index (χ0) is 28.4. The van der Waals surface area contributed by atoms with Crippen molar-refractivity contribution in [2.45, 2.75) is 53.3 Å². The van der Waals surface area contributed by atoms with Crippen LogP contribution in [0, 0.1) is 13.8 Å². The van der Waals surface area contributed by atoms with Crippen LogP contribution in [-0.4, -0.2) is 16.6 Å². The predicted molar refractivity (Wildman–Crippen MR) is 165 cm³/mol. The van der Waals surface area contributed by atoms with Gasteiger partial charge < -0.3 is 20.4 Å². The van der Waals surface area contributed by atoms with Gasteiger partial charge in [-0.2, -0.15) is 0 Å². The van der Waals surface area contributed by atoms with Gasteiger partial charge in [0.05, 0.1) is 12.1 Å². The summed E-state index contributed by atoms with van der Waals surface area (Å²) in [4.78, 5) is 13.2. The van der Waals surface area contributed by atoms with Gasteiger partial charge in [0.25, 0.3) is 5.91 Å². The largest absolute Gasteiger partial charge is 0.491 e. The van der Waals surface area contributed by atoms with Gasteiger partial charge in [0, 0.05) is 40.0 Å². The van der Waals surface area contributed by atoms with Crippen molar-refractivity contribution in [1.82, 2.24) is 9.88 Å². The molecular formula is C35H37N3O2. The van der Waals surface area contributed by atoms with E-state index >= 15 is 0 Å². The molecule has 0 unspecified atom stereocenters. The van der Waals surface area contributed by atoms with Crippen LogP contribution >= 0.6 is 0 Å². The number of ether oxygens (including phenoxy) is 1. The lowest BCUT2D eigenvalue weighted by Gasteiger charge is -2.16. The van der Waals surface area contributed by atoms with E-state index in [4.69, 9.17) is 10.5 Å². The maximum absolute atomic E-state index is 13.2. The minimum Gasteiger partial charge on any atom is -0.491 e. The number of carbonyl (C=O) groups excluding carboxylic acids is 1. The maximum Gasteiger partial charge on any atom is 0.251 e. The average molecular weight is 532 g/mol. The van der Waals surface area contributed by atoms with Crippen LogP contribution in [0.4, 0.5) is 5.69 Å². The molecule has 3 N–H and O–H groups in total. The van der Waals surface area contributed by atoms with Crippen LogP contribution < -0.4 is 15.8 Å². The summed E-state index contributed by atoms with van der Waals surface area (Å²) < 4.78 is 8.06. The monoisotopic (exact) mass is 531 g/mol. The van der Waals surface area contributed by atoms with Crippen molar-refractivity contribution < 1.29 is 9.53 Å². The second kappa shape index (κ2) is 11.3. The summed E-state index contributed by atoms with van der Waals surface area (Å²) in [5.41, 5.74) is 15.5. The van der Waals surface area contributed by atoms with Crippen LogP contribution in [0.25, 0.3) is 22.0 Å². The second-order valence-electron chi connectivity index (χ2n) is 10.7. The SMILES string of the molecule is Cc1c(C)n(Cc2ccc(-c3ccccc3N)cc2)c2ccc(C(=O)N[C@@H](C)c3ccc(OC(C)C)cc3)cc12. The third-order valence-corrected chi connectivity index (χ3v) is 7.57. The summed E-state index contributed by atoms with van der Waals surface area (Å²) in [6.45, 7) is 11.0. The first-order valence-corrected chi connectivity index (χ1v) is 13.8. The Kier molecular flexibility index (Phi) is 7.65. The number of hydrogen-bond donors (Lipinski definition) is 2. The molecule has 0 aliphatic rings. The van der Waals surface area contributed by atoms with Crippen molar-refractivity contribution in [1.29, 1.82) is 0 Å². The van der Waals surface area contributed by atoms with Gasteiger partial charge in [-0.1, -0.05) is 54.6 Å². The Bertz CT molecular complexity index is 1650. The lowest BCUT2D eigenvalue weighted by atomic mass is 10.0. The quantitative estimate of drug-likeness (QED) is 0.200. The van der Waals surface area contributed by atoms with Crippen LogP contribution in [0.1, 0.15) is 59.6 Å². The van der Waals surface area contributed by atoms with Crippen molar-refractivity contribution in [3.05, 3.63) is 119 Å². The summed E-state index contributed by atoms with van der Waals surface area (Å²) in [6.07, 6.45) is 0.125. The van der Waals surface area contributed by atoms with Gasteiger partial charge in [-0.05, 0) is 93.3 Å². The number of para-hydroxylation sites is 1. The number of nitrogen functional groups attached to an aromatic ring is 1. The van der Waals surface area contributed by atoms with E-state index in [0.717, 1.165) is 45.6 Å². The molecule has 1 amide bonds. The lowest BCUT2D eigenvalue weighted by molar-refractivity contribution is 0.0940. The van der Waals surface area contributed by atoms with Crippen LogP contribution in [0.3, 0.4) is 0 Å². The molecule has 0 spiro atoms. The Balaban J connectivity index is 1.33. The van der Waals surface area contributed by atoms with E-state index in [0.29, 0.717) is 5.56 Å². The minimum atomic E-state index is -0.127. The van der Waals surface area contributed by atoms with E-state index in [2.05, 4.69) is 54.1 Å². The number of aryl methyl sites for hydroxylation is 1. The van der Waals surface area contributed by atoms with E-state index in [1.54, 1.807) is 0 Å². The number of hydrogen-bond acceptors (Lipinski definition) is 3. The highest BCUT2D eigenvalue weighted by molar-refractivity contribution is 5.99. The van der Waals surface area contributed by atoms with Crippen molar-refractivity contribution in [3.8, 4) is 16.9 Å². The first-order chi connectivity index (χ1) is 19.2. The number of nitrogens with one attached hydrogen (secondary N) is 1. The Labute approximate surface area is 236 Å². The number of benzene rings is 4. The normalized spacial score (nSPS) is 12.1. The Morgan fingerprint density at radius 2 is 1.60 bits per heavy atom. The molecule has 0 saturated carbocycles. The Morgan fingerprint density at radius 3 is 2.27 bits per heavy atom. The van der Waals surface area contributed by atoms with Crippen LogP contribution in [0.2, 0.25) is 0 Å². The summed E-state index contributed by atoms with van der Waals surface area (Å²) in [5.74, 6) is 0.743. The molecule has 5 nitrogen and oxygen atoms in total. The third kappa shape index (κ3) is 5.59. The first kappa shape index (κ1) is 27.1. The van der Waals surface area contributed by atoms with Gasteiger partial charge in [0.2, 0.25) is 0 Å². The summed E-state index contributed by atoms with van der Waals surface area (Å²) in [5, 5.41) is 4.24. The van der Waals surface area contributed by atoms with E-state index in [9.17, 15) is 4.79 Å². The number of fused-ring (bicyclic) bond motifs is 1. The lowest BCUT2D eigenvalue weighted by Crippen LogP contribution is -2.26. The highest BCUT2D eigenvalue weighted by Gasteiger charge is 2.16. The van der Waals surface area contributed by atoms with Crippen LogP contribution in [0.5, 0.6) is 5.75 Å². The van der Waals surface area contributed by atoms with Gasteiger partial charge in [-0.3, -0.25) is 4.79 Å². The van der Waals surface area contributed by atoms with Gasteiger partial charge in [-0.25, -0.2) is 0 Å².